The lowest BCUT2D eigenvalue weighted by Gasteiger charge is -2.36. The maximum atomic E-state index is 13.5. The minimum absolute atomic E-state index is 0.0217. The van der Waals surface area contributed by atoms with Crippen LogP contribution in [0.25, 0.3) is 0 Å². The molecule has 0 radical (unpaired) electrons. The van der Waals surface area contributed by atoms with Crippen molar-refractivity contribution in [2.75, 3.05) is 26.4 Å². The van der Waals surface area contributed by atoms with Crippen LogP contribution in [0.5, 0.6) is 11.5 Å². The highest BCUT2D eigenvalue weighted by Crippen LogP contribution is 2.57. The predicted octanol–water partition coefficient (Wildman–Crippen LogP) is 6.56. The Labute approximate surface area is 223 Å². The van der Waals surface area contributed by atoms with Gasteiger partial charge in [-0.25, -0.2) is 4.57 Å². The number of fused-ring (bicyclic) bond motifs is 1. The zero-order chi connectivity index (χ0) is 27.5. The number of hydrogen-bond acceptors (Lipinski definition) is 9. The van der Waals surface area contributed by atoms with Gasteiger partial charge >= 0.3 is 22.0 Å². The molecule has 3 aliphatic heterocycles. The molecule has 2 fully saturated rings. The van der Waals surface area contributed by atoms with Crippen LogP contribution in [0.4, 0.5) is 0 Å². The lowest BCUT2D eigenvalue weighted by Crippen LogP contribution is -2.45. The molecule has 38 heavy (non-hydrogen) atoms. The van der Waals surface area contributed by atoms with Crippen molar-refractivity contribution in [2.45, 2.75) is 58.3 Å². The summed E-state index contributed by atoms with van der Waals surface area (Å²) in [6, 6.07) is 11.2. The highest BCUT2D eigenvalue weighted by atomic mass is 31.2. The summed E-state index contributed by atoms with van der Waals surface area (Å²) < 4.78 is 58.0. The van der Waals surface area contributed by atoms with E-state index in [-0.39, 0.29) is 43.0 Å². The van der Waals surface area contributed by atoms with Crippen LogP contribution in [-0.4, -0.2) is 32.4 Å². The molecule has 2 aromatic carbocycles. The Morgan fingerprint density at radius 3 is 2.00 bits per heavy atom. The third-order valence-electron chi connectivity index (χ3n) is 7.04. The molecule has 0 aliphatic carbocycles. The Balaban J connectivity index is 1.50. The highest BCUT2D eigenvalue weighted by molar-refractivity contribution is 7.49. The van der Waals surface area contributed by atoms with Crippen molar-refractivity contribution >= 4 is 22.0 Å². The lowest BCUT2D eigenvalue weighted by atomic mass is 9.81. The van der Waals surface area contributed by atoms with Gasteiger partial charge in [-0.3, -0.25) is 13.8 Å². The van der Waals surface area contributed by atoms with Crippen molar-refractivity contribution < 1.29 is 41.3 Å². The summed E-state index contributed by atoms with van der Waals surface area (Å²) in [5, 5.41) is 0. The SMILES string of the molecule is CC(C)(C)c1ccc2c(c1)C(c1cc(C(C)(C)C)ccc1OP1(=O)OCC3(CO[P+](=O)OC3)CO1)C(=O)O2. The fourth-order valence-electron chi connectivity index (χ4n) is 4.55. The van der Waals surface area contributed by atoms with Crippen molar-refractivity contribution in [1.82, 2.24) is 0 Å². The average molecular weight is 564 g/mol. The number of hydrogen-bond donors (Lipinski definition) is 0. The number of ether oxygens (including phenoxy) is 1. The van der Waals surface area contributed by atoms with Crippen molar-refractivity contribution in [3.8, 4) is 11.5 Å². The largest absolute Gasteiger partial charge is 0.697 e. The molecule has 3 heterocycles. The first-order valence-corrected chi connectivity index (χ1v) is 15.1. The number of phosphoric ester groups is 1. The third kappa shape index (κ3) is 5.33. The van der Waals surface area contributed by atoms with Crippen LogP contribution < -0.4 is 9.26 Å². The van der Waals surface area contributed by atoms with E-state index in [1.54, 1.807) is 6.07 Å². The van der Waals surface area contributed by atoms with Crippen molar-refractivity contribution in [3.63, 3.8) is 0 Å². The van der Waals surface area contributed by atoms with E-state index in [1.165, 1.54) is 0 Å². The fraction of sp³-hybridized carbons (Fsp3) is 0.519. The molecule has 2 aromatic rings. The molecule has 11 heteroatoms. The minimum Gasteiger partial charge on any atom is -0.425 e. The van der Waals surface area contributed by atoms with Gasteiger partial charge in [0.2, 0.25) is 0 Å². The highest BCUT2D eigenvalue weighted by Gasteiger charge is 2.51. The molecular weight excluding hydrogens is 530 g/mol. The van der Waals surface area contributed by atoms with Gasteiger partial charge in [0.15, 0.2) is 0 Å². The molecule has 0 aromatic heterocycles. The number of phosphoric acid groups is 1. The average Bonchev–Trinajstić information content (AvgIpc) is 3.17. The molecule has 204 valence electrons. The first-order chi connectivity index (χ1) is 17.7. The molecule has 1 unspecified atom stereocenters. The van der Waals surface area contributed by atoms with Gasteiger partial charge in [-0.1, -0.05) is 65.8 Å². The Hall–Kier alpha value is -2.12. The molecule has 1 spiro atoms. The maximum absolute atomic E-state index is 13.5. The van der Waals surface area contributed by atoms with Gasteiger partial charge in [-0.05, 0) is 34.1 Å². The van der Waals surface area contributed by atoms with Crippen LogP contribution in [0.2, 0.25) is 0 Å². The van der Waals surface area contributed by atoms with Gasteiger partial charge in [-0.15, -0.1) is 9.05 Å². The van der Waals surface area contributed by atoms with Gasteiger partial charge in [0.1, 0.15) is 30.6 Å². The second-order valence-electron chi connectivity index (χ2n) is 12.2. The molecule has 2 saturated heterocycles. The first kappa shape index (κ1) is 27.4. The lowest BCUT2D eigenvalue weighted by molar-refractivity contribution is -0.133. The van der Waals surface area contributed by atoms with E-state index < -0.39 is 33.4 Å². The molecule has 0 amide bonds. The maximum Gasteiger partial charge on any atom is 0.697 e. The van der Waals surface area contributed by atoms with Crippen LogP contribution in [-0.2, 0) is 42.8 Å². The Morgan fingerprint density at radius 2 is 1.42 bits per heavy atom. The van der Waals surface area contributed by atoms with Gasteiger partial charge in [0.05, 0.1) is 18.6 Å². The Bertz CT molecular complexity index is 1320. The Kier molecular flexibility index (Phi) is 6.87. The van der Waals surface area contributed by atoms with E-state index in [2.05, 4.69) is 41.5 Å². The van der Waals surface area contributed by atoms with Gasteiger partial charge in [-0.2, -0.15) is 0 Å². The van der Waals surface area contributed by atoms with E-state index in [4.69, 9.17) is 27.4 Å². The van der Waals surface area contributed by atoms with Gasteiger partial charge < -0.3 is 9.26 Å². The quantitative estimate of drug-likeness (QED) is 0.233. The Morgan fingerprint density at radius 1 is 0.868 bits per heavy atom. The van der Waals surface area contributed by atoms with E-state index >= 15 is 0 Å². The van der Waals surface area contributed by atoms with Crippen LogP contribution in [0.1, 0.15) is 69.7 Å². The third-order valence-corrected chi connectivity index (χ3v) is 9.03. The summed E-state index contributed by atoms with van der Waals surface area (Å²) in [5.74, 6) is -0.499. The summed E-state index contributed by atoms with van der Waals surface area (Å²) in [4.78, 5) is 13.2. The monoisotopic (exact) mass is 563 g/mol. The fourth-order valence-corrected chi connectivity index (χ4v) is 6.84. The van der Waals surface area contributed by atoms with Crippen LogP contribution in [0.15, 0.2) is 36.4 Å². The molecular formula is C27H33O9P2+. The number of benzene rings is 2. The van der Waals surface area contributed by atoms with Crippen LogP contribution >= 0.6 is 16.1 Å². The second-order valence-corrected chi connectivity index (χ2v) is 14.8. The summed E-state index contributed by atoms with van der Waals surface area (Å²) in [7, 11) is -6.21. The van der Waals surface area contributed by atoms with Crippen molar-refractivity contribution in [3.05, 3.63) is 58.7 Å². The summed E-state index contributed by atoms with van der Waals surface area (Å²) in [6.07, 6.45) is 0. The first-order valence-electron chi connectivity index (χ1n) is 12.5. The topological polar surface area (TPSA) is 107 Å². The van der Waals surface area contributed by atoms with Crippen molar-refractivity contribution in [1.29, 1.82) is 0 Å². The number of rotatable bonds is 3. The summed E-state index contributed by atoms with van der Waals surface area (Å²) >= 11 is 0. The van der Waals surface area contributed by atoms with E-state index in [1.807, 2.05) is 30.3 Å². The second kappa shape index (κ2) is 9.51. The van der Waals surface area contributed by atoms with Gasteiger partial charge in [0.25, 0.3) is 0 Å². The molecule has 0 saturated carbocycles. The smallest absolute Gasteiger partial charge is 0.425 e. The minimum atomic E-state index is -4.04. The molecule has 3 aliphatic rings. The standard InChI is InChI=1S/C27H33O9P2/c1-25(2,3)17-7-9-21-19(11-17)23(24(28)35-21)20-12-18(26(4,5)6)8-10-22(20)36-38(30)33-15-27(16-34-38)13-31-37(29)32-14-27/h7-12,23H,13-16H2,1-6H3/q+1. The predicted molar refractivity (Wildman–Crippen MR) is 140 cm³/mol. The molecule has 1 atom stereocenters. The van der Waals surface area contributed by atoms with E-state index in [9.17, 15) is 13.9 Å². The number of carbonyl (C=O) groups is 1. The zero-order valence-corrected chi connectivity index (χ0v) is 24.2. The van der Waals surface area contributed by atoms with Crippen molar-refractivity contribution in [2.24, 2.45) is 5.41 Å². The van der Waals surface area contributed by atoms with Crippen LogP contribution in [0.3, 0.4) is 0 Å². The van der Waals surface area contributed by atoms with E-state index in [0.29, 0.717) is 11.3 Å². The number of esters is 1. The molecule has 5 rings (SSSR count). The van der Waals surface area contributed by atoms with Gasteiger partial charge in [0, 0.05) is 15.7 Å². The number of carbonyl (C=O) groups excluding carboxylic acids is 1. The zero-order valence-electron chi connectivity index (χ0n) is 22.4. The summed E-state index contributed by atoms with van der Waals surface area (Å²) in [6.45, 7) is 12.7. The molecule has 0 bridgehead atoms. The van der Waals surface area contributed by atoms with E-state index in [0.717, 1.165) is 16.7 Å². The summed E-state index contributed by atoms with van der Waals surface area (Å²) in [5.41, 5.74) is 2.20. The molecule has 9 nitrogen and oxygen atoms in total. The normalized spacial score (nSPS) is 28.7. The van der Waals surface area contributed by atoms with Crippen LogP contribution in [0, 0.1) is 5.41 Å². The molecule has 0 N–H and O–H groups in total.